The molecule has 4 saturated carbocycles. The van der Waals surface area contributed by atoms with Crippen molar-refractivity contribution >= 4 is 59.3 Å². The Bertz CT molecular complexity index is 3060. The minimum atomic E-state index is 0.115. The Morgan fingerprint density at radius 2 is 1.02 bits per heavy atom. The van der Waals surface area contributed by atoms with E-state index in [9.17, 15) is 0 Å². The van der Waals surface area contributed by atoms with Gasteiger partial charge in [0.15, 0.2) is 0 Å². The maximum absolute atomic E-state index is 2.58. The number of nitrogens with zero attached hydrogens (tertiary/aromatic N) is 1. The summed E-state index contributed by atoms with van der Waals surface area (Å²) in [4.78, 5) is 2.58. The standard InChI is InChI=1S/C56H43NS/c1-2-15-43-37(12-1)13-9-22-50(43)57(51-23-11-21-49-55(51)46-17-5-7-20-48(46)56(49)39-31-35-30-36(33-39)34-40(56)32-35)41-28-26-38(27-29-41)42-14-3-4-16-44(42)45-19-10-25-53-54(45)47-18-6-8-24-52(47)58-53/h1-29,35-36,39-40H,30-34H2/t35-,36?,39-,40-,56?/m1/s1. The summed E-state index contributed by atoms with van der Waals surface area (Å²) in [5, 5.41) is 5.21. The smallest absolute Gasteiger partial charge is 0.0543 e. The van der Waals surface area contributed by atoms with Crippen molar-refractivity contribution in [2.24, 2.45) is 23.7 Å². The van der Waals surface area contributed by atoms with Crippen LogP contribution in [-0.4, -0.2) is 0 Å². The van der Waals surface area contributed by atoms with Crippen molar-refractivity contribution in [3.8, 4) is 33.4 Å². The van der Waals surface area contributed by atoms with Crippen molar-refractivity contribution < 1.29 is 0 Å². The molecule has 5 aliphatic rings. The summed E-state index contributed by atoms with van der Waals surface area (Å²) in [5.41, 5.74) is 14.9. The van der Waals surface area contributed by atoms with Gasteiger partial charge in [0.2, 0.25) is 0 Å². The molecule has 1 nitrogen and oxygen atoms in total. The third kappa shape index (κ3) is 4.58. The topological polar surface area (TPSA) is 3.24 Å². The molecule has 58 heavy (non-hydrogen) atoms. The molecule has 1 heterocycles. The Morgan fingerprint density at radius 3 is 1.84 bits per heavy atom. The molecule has 0 unspecified atom stereocenters. The predicted octanol–water partition coefficient (Wildman–Crippen LogP) is 15.7. The van der Waals surface area contributed by atoms with Crippen molar-refractivity contribution in [2.45, 2.75) is 37.5 Å². The minimum absolute atomic E-state index is 0.115. The van der Waals surface area contributed by atoms with E-state index in [0.717, 1.165) is 23.7 Å². The number of hydrogen-bond acceptors (Lipinski definition) is 2. The molecule has 1 aromatic heterocycles. The zero-order valence-corrected chi connectivity index (χ0v) is 33.3. The van der Waals surface area contributed by atoms with E-state index in [1.165, 1.54) is 113 Å². The van der Waals surface area contributed by atoms with Crippen molar-refractivity contribution in [2.75, 3.05) is 4.90 Å². The van der Waals surface area contributed by atoms with E-state index < -0.39 is 0 Å². The van der Waals surface area contributed by atoms with Gasteiger partial charge in [-0.25, -0.2) is 0 Å². The van der Waals surface area contributed by atoms with Gasteiger partial charge in [-0.3, -0.25) is 0 Å². The van der Waals surface area contributed by atoms with Gasteiger partial charge >= 0.3 is 0 Å². The van der Waals surface area contributed by atoms with Gasteiger partial charge in [0.05, 0.1) is 11.4 Å². The molecule has 2 heteroatoms. The van der Waals surface area contributed by atoms with Gasteiger partial charge in [0.25, 0.3) is 0 Å². The van der Waals surface area contributed by atoms with E-state index in [0.29, 0.717) is 0 Å². The van der Waals surface area contributed by atoms with E-state index in [1.807, 2.05) is 11.3 Å². The molecule has 14 rings (SSSR count). The lowest BCUT2D eigenvalue weighted by atomic mass is 9.43. The average molecular weight is 762 g/mol. The number of hydrogen-bond donors (Lipinski definition) is 0. The third-order valence-corrected chi connectivity index (χ3v) is 16.0. The number of fused-ring (bicyclic) bond motifs is 7. The maximum Gasteiger partial charge on any atom is 0.0543 e. The van der Waals surface area contributed by atoms with E-state index in [4.69, 9.17) is 0 Å². The summed E-state index contributed by atoms with van der Waals surface area (Å²) in [6.07, 6.45) is 7.01. The van der Waals surface area contributed by atoms with Crippen LogP contribution in [-0.2, 0) is 5.41 Å². The first-order chi connectivity index (χ1) is 28.7. The highest BCUT2D eigenvalue weighted by Gasteiger charge is 2.61. The third-order valence-electron chi connectivity index (χ3n) is 14.9. The first-order valence-electron chi connectivity index (χ1n) is 21.4. The molecule has 278 valence electrons. The molecule has 9 aromatic rings. The molecule has 0 N–H and O–H groups in total. The van der Waals surface area contributed by atoms with Crippen LogP contribution in [0.3, 0.4) is 0 Å². The van der Waals surface area contributed by atoms with E-state index >= 15 is 0 Å². The second-order valence-corrected chi connectivity index (χ2v) is 18.7. The fraction of sp³-hybridized carbons (Fsp3) is 0.179. The van der Waals surface area contributed by atoms with Gasteiger partial charge in [-0.05, 0) is 137 Å². The Morgan fingerprint density at radius 1 is 0.431 bits per heavy atom. The van der Waals surface area contributed by atoms with Crippen molar-refractivity contribution in [3.63, 3.8) is 0 Å². The number of benzene rings is 8. The highest BCUT2D eigenvalue weighted by Crippen LogP contribution is 2.70. The lowest BCUT2D eigenvalue weighted by Crippen LogP contribution is -2.55. The normalized spacial score (nSPS) is 22.6. The molecule has 0 saturated heterocycles. The van der Waals surface area contributed by atoms with E-state index in [2.05, 4.69) is 181 Å². The number of thiophene rings is 1. The van der Waals surface area contributed by atoms with Crippen LogP contribution < -0.4 is 4.90 Å². The molecule has 1 spiro atoms. The zero-order valence-electron chi connectivity index (χ0n) is 32.4. The fourth-order valence-electron chi connectivity index (χ4n) is 12.9. The summed E-state index contributed by atoms with van der Waals surface area (Å²) in [6, 6.07) is 66.6. The second kappa shape index (κ2) is 12.5. The summed E-state index contributed by atoms with van der Waals surface area (Å²) in [7, 11) is 0. The zero-order chi connectivity index (χ0) is 38.0. The van der Waals surface area contributed by atoms with Crippen LogP contribution in [0, 0.1) is 23.7 Å². The van der Waals surface area contributed by atoms with E-state index in [1.54, 1.807) is 11.1 Å². The monoisotopic (exact) mass is 761 g/mol. The van der Waals surface area contributed by atoms with Gasteiger partial charge in [-0.15, -0.1) is 11.3 Å². The van der Waals surface area contributed by atoms with Gasteiger partial charge in [-0.2, -0.15) is 0 Å². The number of anilines is 3. The predicted molar refractivity (Wildman–Crippen MR) is 246 cm³/mol. The molecular weight excluding hydrogens is 719 g/mol. The van der Waals surface area contributed by atoms with Crippen molar-refractivity contribution in [3.05, 3.63) is 187 Å². The van der Waals surface area contributed by atoms with Crippen LogP contribution in [0.5, 0.6) is 0 Å². The first kappa shape index (κ1) is 33.1. The lowest BCUT2D eigenvalue weighted by Gasteiger charge is -2.61. The van der Waals surface area contributed by atoms with Gasteiger partial charge in [0, 0.05) is 42.2 Å². The van der Waals surface area contributed by atoms with Crippen LogP contribution in [0.15, 0.2) is 176 Å². The Hall–Kier alpha value is -5.96. The van der Waals surface area contributed by atoms with Crippen LogP contribution in [0.2, 0.25) is 0 Å². The number of rotatable bonds is 5. The lowest BCUT2D eigenvalue weighted by molar-refractivity contribution is -0.0399. The Labute approximate surface area is 344 Å². The Balaban J connectivity index is 1.00. The molecule has 0 amide bonds. The van der Waals surface area contributed by atoms with Gasteiger partial charge in [-0.1, -0.05) is 140 Å². The largest absolute Gasteiger partial charge is 0.309 e. The summed E-state index contributed by atoms with van der Waals surface area (Å²) < 4.78 is 2.67. The molecule has 5 aliphatic carbocycles. The highest BCUT2D eigenvalue weighted by molar-refractivity contribution is 7.25. The summed E-state index contributed by atoms with van der Waals surface area (Å²) in [5.74, 6) is 3.29. The van der Waals surface area contributed by atoms with Crippen molar-refractivity contribution in [1.82, 2.24) is 0 Å². The minimum Gasteiger partial charge on any atom is -0.309 e. The summed E-state index contributed by atoms with van der Waals surface area (Å²) >= 11 is 1.89. The summed E-state index contributed by atoms with van der Waals surface area (Å²) in [6.45, 7) is 0. The molecule has 4 fully saturated rings. The molecule has 0 atom stereocenters. The van der Waals surface area contributed by atoms with Gasteiger partial charge < -0.3 is 4.90 Å². The average Bonchev–Trinajstić information content (AvgIpc) is 3.80. The highest BCUT2D eigenvalue weighted by atomic mass is 32.1. The molecule has 4 bridgehead atoms. The van der Waals surface area contributed by atoms with Crippen molar-refractivity contribution in [1.29, 1.82) is 0 Å². The SMILES string of the molecule is c1ccc(-c2cccc3sc4ccccc4c23)c(-c2ccc(N(c3cccc4c3-c3ccccc3C43[C@H]4CC5C[C@H](C4)C[C@@H]3C5)c3cccc4ccccc34)cc2)c1. The second-order valence-electron chi connectivity index (χ2n) is 17.6. The van der Waals surface area contributed by atoms with Gasteiger partial charge in [0.1, 0.15) is 0 Å². The molecular formula is C56H43NS. The van der Waals surface area contributed by atoms with Crippen LogP contribution in [0.4, 0.5) is 17.1 Å². The van der Waals surface area contributed by atoms with E-state index in [-0.39, 0.29) is 5.41 Å². The Kier molecular flexibility index (Phi) is 7.13. The van der Waals surface area contributed by atoms with Crippen LogP contribution in [0.1, 0.15) is 43.2 Å². The van der Waals surface area contributed by atoms with Crippen LogP contribution in [0.25, 0.3) is 64.3 Å². The maximum atomic E-state index is 2.58. The van der Waals surface area contributed by atoms with Crippen LogP contribution >= 0.6 is 11.3 Å². The quantitative estimate of drug-likeness (QED) is 0.169. The fourth-order valence-corrected chi connectivity index (χ4v) is 14.1. The molecule has 0 aliphatic heterocycles. The first-order valence-corrected chi connectivity index (χ1v) is 22.2. The molecule has 8 aromatic carbocycles. The molecule has 0 radical (unpaired) electrons.